The first-order valence-electron chi connectivity index (χ1n) is 6.11. The second kappa shape index (κ2) is 7.89. The first kappa shape index (κ1) is 18.9. The number of sulfonamides is 1. The molecular formula is C11H17BrClN3O3S2. The van der Waals surface area contributed by atoms with Gasteiger partial charge in [0.15, 0.2) is 0 Å². The summed E-state index contributed by atoms with van der Waals surface area (Å²) in [5, 5.41) is 4.85. The SMILES string of the molecule is CN(CC(=O)N1CCNCC1)S(=O)(=O)c1sccc1Br.Cl. The Morgan fingerprint density at radius 3 is 2.62 bits per heavy atom. The van der Waals surface area contributed by atoms with Crippen LogP contribution in [0.3, 0.4) is 0 Å². The molecule has 0 bridgehead atoms. The Kier molecular flexibility index (Phi) is 7.08. The van der Waals surface area contributed by atoms with Gasteiger partial charge in [0.2, 0.25) is 5.91 Å². The molecule has 0 spiro atoms. The van der Waals surface area contributed by atoms with Crippen LogP contribution in [0.15, 0.2) is 20.1 Å². The zero-order chi connectivity index (χ0) is 14.8. The van der Waals surface area contributed by atoms with E-state index >= 15 is 0 Å². The van der Waals surface area contributed by atoms with E-state index in [-0.39, 0.29) is 29.1 Å². The zero-order valence-corrected chi connectivity index (χ0v) is 15.4. The molecule has 2 heterocycles. The summed E-state index contributed by atoms with van der Waals surface area (Å²) in [4.78, 5) is 13.8. The van der Waals surface area contributed by atoms with Crippen LogP contribution in [0.4, 0.5) is 0 Å². The maximum absolute atomic E-state index is 12.4. The molecule has 1 fully saturated rings. The van der Waals surface area contributed by atoms with Crippen molar-refractivity contribution in [2.45, 2.75) is 4.21 Å². The predicted octanol–water partition coefficient (Wildman–Crippen LogP) is 0.985. The quantitative estimate of drug-likeness (QED) is 0.791. The zero-order valence-electron chi connectivity index (χ0n) is 11.4. The van der Waals surface area contributed by atoms with Gasteiger partial charge < -0.3 is 10.2 Å². The van der Waals surface area contributed by atoms with Gasteiger partial charge in [-0.2, -0.15) is 4.31 Å². The van der Waals surface area contributed by atoms with Gasteiger partial charge in [-0.3, -0.25) is 4.79 Å². The third-order valence-corrected chi connectivity index (χ3v) is 7.51. The van der Waals surface area contributed by atoms with E-state index in [1.165, 1.54) is 7.05 Å². The van der Waals surface area contributed by atoms with Crippen molar-refractivity contribution in [2.24, 2.45) is 0 Å². The molecule has 0 aliphatic carbocycles. The summed E-state index contributed by atoms with van der Waals surface area (Å²) in [6.07, 6.45) is 0. The van der Waals surface area contributed by atoms with E-state index in [2.05, 4.69) is 21.2 Å². The number of hydrogen-bond acceptors (Lipinski definition) is 5. The molecule has 0 aromatic carbocycles. The number of hydrogen-bond donors (Lipinski definition) is 1. The molecule has 6 nitrogen and oxygen atoms in total. The molecule has 1 N–H and O–H groups in total. The van der Waals surface area contributed by atoms with Crippen molar-refractivity contribution >= 4 is 55.6 Å². The summed E-state index contributed by atoms with van der Waals surface area (Å²) in [5.74, 6) is -0.162. The van der Waals surface area contributed by atoms with Gasteiger partial charge in [-0.1, -0.05) is 0 Å². The van der Waals surface area contributed by atoms with Gasteiger partial charge in [0, 0.05) is 37.7 Å². The summed E-state index contributed by atoms with van der Waals surface area (Å²) >= 11 is 4.35. The molecule has 2 rings (SSSR count). The Labute approximate surface area is 143 Å². The van der Waals surface area contributed by atoms with E-state index in [1.54, 1.807) is 16.3 Å². The fourth-order valence-electron chi connectivity index (χ4n) is 1.90. The molecule has 1 aromatic heterocycles. The second-order valence-electron chi connectivity index (χ2n) is 4.45. The average molecular weight is 419 g/mol. The predicted molar refractivity (Wildman–Crippen MR) is 88.5 cm³/mol. The van der Waals surface area contributed by atoms with Crippen molar-refractivity contribution in [3.05, 3.63) is 15.9 Å². The minimum absolute atomic E-state index is 0. The number of piperazine rings is 1. The van der Waals surface area contributed by atoms with Crippen molar-refractivity contribution in [2.75, 3.05) is 39.8 Å². The van der Waals surface area contributed by atoms with Crippen molar-refractivity contribution in [1.82, 2.24) is 14.5 Å². The third kappa shape index (κ3) is 4.40. The average Bonchev–Trinajstić information content (AvgIpc) is 2.86. The van der Waals surface area contributed by atoms with E-state index in [0.29, 0.717) is 17.6 Å². The molecule has 0 radical (unpaired) electrons. The van der Waals surface area contributed by atoms with E-state index in [4.69, 9.17) is 0 Å². The molecule has 0 saturated carbocycles. The van der Waals surface area contributed by atoms with Crippen molar-refractivity contribution < 1.29 is 13.2 Å². The van der Waals surface area contributed by atoms with Crippen LogP contribution < -0.4 is 5.32 Å². The molecule has 1 aliphatic heterocycles. The number of nitrogens with zero attached hydrogens (tertiary/aromatic N) is 2. The van der Waals surface area contributed by atoms with Gasteiger partial charge >= 0.3 is 0 Å². The van der Waals surface area contributed by atoms with Crippen molar-refractivity contribution in [1.29, 1.82) is 0 Å². The van der Waals surface area contributed by atoms with Crippen LogP contribution in [-0.2, 0) is 14.8 Å². The highest BCUT2D eigenvalue weighted by Crippen LogP contribution is 2.29. The van der Waals surface area contributed by atoms with E-state index in [9.17, 15) is 13.2 Å². The summed E-state index contributed by atoms with van der Waals surface area (Å²) in [6.45, 7) is 2.61. The maximum atomic E-state index is 12.4. The van der Waals surface area contributed by atoms with E-state index in [1.807, 2.05) is 0 Å². The van der Waals surface area contributed by atoms with Gasteiger partial charge in [0.05, 0.1) is 6.54 Å². The molecule has 1 aromatic rings. The molecule has 0 atom stereocenters. The van der Waals surface area contributed by atoms with E-state index in [0.717, 1.165) is 28.7 Å². The number of amides is 1. The number of rotatable bonds is 4. The lowest BCUT2D eigenvalue weighted by Crippen LogP contribution is -2.49. The smallest absolute Gasteiger partial charge is 0.253 e. The Balaban J connectivity index is 0.00000220. The topological polar surface area (TPSA) is 69.7 Å². The normalized spacial score (nSPS) is 15.9. The van der Waals surface area contributed by atoms with Crippen molar-refractivity contribution in [3.8, 4) is 0 Å². The van der Waals surface area contributed by atoms with Crippen LogP contribution in [0.1, 0.15) is 0 Å². The number of carbonyl (C=O) groups excluding carboxylic acids is 1. The van der Waals surface area contributed by atoms with Gasteiger partial charge in [0.25, 0.3) is 10.0 Å². The lowest BCUT2D eigenvalue weighted by atomic mass is 10.3. The summed E-state index contributed by atoms with van der Waals surface area (Å²) in [6, 6.07) is 1.68. The van der Waals surface area contributed by atoms with E-state index < -0.39 is 10.0 Å². The Morgan fingerprint density at radius 2 is 2.10 bits per heavy atom. The standard InChI is InChI=1S/C11H16BrN3O3S2.ClH/c1-14(8-10(16)15-5-3-13-4-6-15)20(17,18)11-9(12)2-7-19-11;/h2,7,13H,3-6,8H2,1H3;1H. The van der Waals surface area contributed by atoms with Crippen molar-refractivity contribution in [3.63, 3.8) is 0 Å². The minimum Gasteiger partial charge on any atom is -0.339 e. The van der Waals surface area contributed by atoms with Gasteiger partial charge in [-0.25, -0.2) is 8.42 Å². The number of carbonyl (C=O) groups is 1. The third-order valence-electron chi connectivity index (χ3n) is 3.06. The molecule has 120 valence electrons. The molecule has 1 amide bonds. The number of halogens is 2. The maximum Gasteiger partial charge on any atom is 0.253 e. The largest absolute Gasteiger partial charge is 0.339 e. The van der Waals surface area contributed by atoms with Crippen LogP contribution in [-0.4, -0.2) is 63.3 Å². The fourth-order valence-corrected chi connectivity index (χ4v) is 5.52. The molecule has 1 aliphatic rings. The Bertz CT molecular complexity index is 587. The molecule has 0 unspecified atom stereocenters. The van der Waals surface area contributed by atoms with Gasteiger partial charge in [-0.15, -0.1) is 23.7 Å². The van der Waals surface area contributed by atoms with Crippen LogP contribution in [0.25, 0.3) is 0 Å². The minimum atomic E-state index is -3.62. The fraction of sp³-hybridized carbons (Fsp3) is 0.545. The molecule has 21 heavy (non-hydrogen) atoms. The molecule has 10 heteroatoms. The lowest BCUT2D eigenvalue weighted by molar-refractivity contribution is -0.131. The number of nitrogens with one attached hydrogen (secondary N) is 1. The summed E-state index contributed by atoms with van der Waals surface area (Å²) < 4.78 is 26.6. The lowest BCUT2D eigenvalue weighted by Gasteiger charge is -2.29. The summed E-state index contributed by atoms with van der Waals surface area (Å²) in [7, 11) is -2.19. The number of thiophene rings is 1. The highest BCUT2D eigenvalue weighted by Gasteiger charge is 2.28. The summed E-state index contributed by atoms with van der Waals surface area (Å²) in [5.41, 5.74) is 0. The Morgan fingerprint density at radius 1 is 1.48 bits per heavy atom. The Hall–Kier alpha value is -0.190. The van der Waals surface area contributed by atoms with Gasteiger partial charge in [0.1, 0.15) is 4.21 Å². The molecular weight excluding hydrogens is 402 g/mol. The first-order chi connectivity index (χ1) is 9.43. The monoisotopic (exact) mass is 417 g/mol. The van der Waals surface area contributed by atoms with Crippen LogP contribution in [0.5, 0.6) is 0 Å². The van der Waals surface area contributed by atoms with Gasteiger partial charge in [-0.05, 0) is 27.4 Å². The van der Waals surface area contributed by atoms with Crippen LogP contribution in [0, 0.1) is 0 Å². The van der Waals surface area contributed by atoms with Crippen LogP contribution >= 0.6 is 39.7 Å². The highest BCUT2D eigenvalue weighted by atomic mass is 79.9. The first-order valence-corrected chi connectivity index (χ1v) is 9.22. The number of likely N-dealkylation sites (N-methyl/N-ethyl adjacent to an activating group) is 1. The highest BCUT2D eigenvalue weighted by molar-refractivity contribution is 9.10. The molecule has 1 saturated heterocycles. The second-order valence-corrected chi connectivity index (χ2v) is 8.46. The van der Waals surface area contributed by atoms with Crippen LogP contribution in [0.2, 0.25) is 0 Å².